The summed E-state index contributed by atoms with van der Waals surface area (Å²) in [6.07, 6.45) is 2.41. The Hall–Kier alpha value is -1.47. The smallest absolute Gasteiger partial charge is 0.0426 e. The maximum atomic E-state index is 6.07. The number of nitrogens with one attached hydrogen (secondary N) is 1. The van der Waals surface area contributed by atoms with E-state index in [1.807, 2.05) is 12.1 Å². The standard InChI is InChI=1S/C18H20ClN/c1-12-5-3-4-6-17(12)14-9-16(10-14)20-18-11-15(19)8-7-13(18)2/h3-8,11,14,16,20H,9-10H2,1-2H3. The molecule has 0 spiro atoms. The molecule has 0 saturated heterocycles. The van der Waals surface area contributed by atoms with E-state index < -0.39 is 0 Å². The third kappa shape index (κ3) is 2.69. The summed E-state index contributed by atoms with van der Waals surface area (Å²) in [4.78, 5) is 0. The fourth-order valence-corrected chi connectivity index (χ4v) is 3.18. The molecule has 1 fully saturated rings. The molecule has 1 aliphatic carbocycles. The van der Waals surface area contributed by atoms with Crippen LogP contribution in [0.4, 0.5) is 5.69 Å². The van der Waals surface area contributed by atoms with Crippen molar-refractivity contribution < 1.29 is 0 Å². The average molecular weight is 286 g/mol. The Kier molecular flexibility index (Phi) is 3.71. The number of rotatable bonds is 3. The molecule has 2 heteroatoms. The molecule has 104 valence electrons. The zero-order valence-electron chi connectivity index (χ0n) is 12.0. The molecule has 0 unspecified atom stereocenters. The lowest BCUT2D eigenvalue weighted by molar-refractivity contribution is 0.373. The maximum Gasteiger partial charge on any atom is 0.0426 e. The topological polar surface area (TPSA) is 12.0 Å². The molecular weight excluding hydrogens is 266 g/mol. The van der Waals surface area contributed by atoms with Gasteiger partial charge in [-0.1, -0.05) is 41.9 Å². The molecule has 1 aliphatic rings. The van der Waals surface area contributed by atoms with Crippen LogP contribution < -0.4 is 5.32 Å². The first kappa shape index (κ1) is 13.5. The van der Waals surface area contributed by atoms with Gasteiger partial charge in [0.2, 0.25) is 0 Å². The van der Waals surface area contributed by atoms with E-state index in [0.29, 0.717) is 12.0 Å². The lowest BCUT2D eigenvalue weighted by atomic mass is 9.74. The summed E-state index contributed by atoms with van der Waals surface area (Å²) in [7, 11) is 0. The minimum absolute atomic E-state index is 0.566. The number of anilines is 1. The maximum absolute atomic E-state index is 6.07. The van der Waals surface area contributed by atoms with Gasteiger partial charge in [0.15, 0.2) is 0 Å². The Morgan fingerprint density at radius 3 is 2.50 bits per heavy atom. The number of halogens is 1. The van der Waals surface area contributed by atoms with Gasteiger partial charge >= 0.3 is 0 Å². The molecular formula is C18H20ClN. The molecule has 0 bridgehead atoms. The highest BCUT2D eigenvalue weighted by Crippen LogP contribution is 2.40. The lowest BCUT2D eigenvalue weighted by Crippen LogP contribution is -2.34. The van der Waals surface area contributed by atoms with Crippen LogP contribution in [-0.4, -0.2) is 6.04 Å². The van der Waals surface area contributed by atoms with Crippen LogP contribution in [0.3, 0.4) is 0 Å². The zero-order chi connectivity index (χ0) is 14.1. The van der Waals surface area contributed by atoms with Gasteiger partial charge in [-0.2, -0.15) is 0 Å². The largest absolute Gasteiger partial charge is 0.382 e. The minimum atomic E-state index is 0.566. The van der Waals surface area contributed by atoms with Gasteiger partial charge in [0.1, 0.15) is 0 Å². The van der Waals surface area contributed by atoms with Crippen LogP contribution in [0.1, 0.15) is 35.4 Å². The monoisotopic (exact) mass is 285 g/mol. The summed E-state index contributed by atoms with van der Waals surface area (Å²) < 4.78 is 0. The van der Waals surface area contributed by atoms with Gasteiger partial charge in [0, 0.05) is 16.8 Å². The van der Waals surface area contributed by atoms with Crippen LogP contribution in [-0.2, 0) is 0 Å². The molecule has 0 aromatic heterocycles. The molecule has 20 heavy (non-hydrogen) atoms. The normalized spacial score (nSPS) is 21.4. The summed E-state index contributed by atoms with van der Waals surface area (Å²) >= 11 is 6.07. The van der Waals surface area contributed by atoms with Crippen LogP contribution in [0.5, 0.6) is 0 Å². The highest BCUT2D eigenvalue weighted by Gasteiger charge is 2.31. The summed E-state index contributed by atoms with van der Waals surface area (Å²) in [5.41, 5.74) is 5.35. The van der Waals surface area contributed by atoms with Crippen molar-refractivity contribution in [3.8, 4) is 0 Å². The fourth-order valence-electron chi connectivity index (χ4n) is 3.00. The van der Waals surface area contributed by atoms with Crippen LogP contribution in [0, 0.1) is 13.8 Å². The Labute approximate surface area is 126 Å². The van der Waals surface area contributed by atoms with Crippen molar-refractivity contribution in [2.75, 3.05) is 5.32 Å². The molecule has 0 atom stereocenters. The van der Waals surface area contributed by atoms with Gasteiger partial charge in [-0.3, -0.25) is 0 Å². The summed E-state index contributed by atoms with van der Waals surface area (Å²) in [6.45, 7) is 4.33. The highest BCUT2D eigenvalue weighted by atomic mass is 35.5. The summed E-state index contributed by atoms with van der Waals surface area (Å²) in [5, 5.41) is 4.42. The van der Waals surface area contributed by atoms with Crippen molar-refractivity contribution in [3.63, 3.8) is 0 Å². The van der Waals surface area contributed by atoms with Gasteiger partial charge in [0.25, 0.3) is 0 Å². The Morgan fingerprint density at radius 1 is 1.00 bits per heavy atom. The van der Waals surface area contributed by atoms with Gasteiger partial charge < -0.3 is 5.32 Å². The fraction of sp³-hybridized carbons (Fsp3) is 0.333. The van der Waals surface area contributed by atoms with Gasteiger partial charge in [0.05, 0.1) is 0 Å². The Balaban J connectivity index is 1.64. The molecule has 0 aliphatic heterocycles. The third-order valence-corrected chi connectivity index (χ3v) is 4.56. The van der Waals surface area contributed by atoms with E-state index in [-0.39, 0.29) is 0 Å². The van der Waals surface area contributed by atoms with Crippen LogP contribution in [0.2, 0.25) is 5.02 Å². The third-order valence-electron chi connectivity index (χ3n) is 4.33. The van der Waals surface area contributed by atoms with Crippen LogP contribution >= 0.6 is 11.6 Å². The molecule has 0 radical (unpaired) electrons. The average Bonchev–Trinajstić information content (AvgIpc) is 2.38. The Bertz CT molecular complexity index is 615. The van der Waals surface area contributed by atoms with Crippen molar-refractivity contribution in [1.29, 1.82) is 0 Å². The van der Waals surface area contributed by atoms with Crippen molar-refractivity contribution >= 4 is 17.3 Å². The van der Waals surface area contributed by atoms with E-state index in [2.05, 4.69) is 49.5 Å². The molecule has 1 saturated carbocycles. The molecule has 2 aromatic carbocycles. The zero-order valence-corrected chi connectivity index (χ0v) is 12.7. The second-order valence-electron chi connectivity index (χ2n) is 5.83. The number of benzene rings is 2. The Morgan fingerprint density at radius 2 is 1.75 bits per heavy atom. The predicted octanol–water partition coefficient (Wildman–Crippen LogP) is 5.31. The second-order valence-corrected chi connectivity index (χ2v) is 6.26. The van der Waals surface area contributed by atoms with Crippen molar-refractivity contribution in [2.45, 2.75) is 38.6 Å². The molecule has 0 amide bonds. The van der Waals surface area contributed by atoms with Gasteiger partial charge in [-0.25, -0.2) is 0 Å². The van der Waals surface area contributed by atoms with E-state index in [1.165, 1.54) is 35.2 Å². The predicted molar refractivity (Wildman–Crippen MR) is 86.8 cm³/mol. The first-order chi connectivity index (χ1) is 9.63. The van der Waals surface area contributed by atoms with Gasteiger partial charge in [-0.05, 0) is 61.4 Å². The van der Waals surface area contributed by atoms with Crippen molar-refractivity contribution in [1.82, 2.24) is 0 Å². The number of hydrogen-bond acceptors (Lipinski definition) is 1. The second kappa shape index (κ2) is 5.49. The number of hydrogen-bond donors (Lipinski definition) is 1. The van der Waals surface area contributed by atoms with Crippen LogP contribution in [0.15, 0.2) is 42.5 Å². The lowest BCUT2D eigenvalue weighted by Gasteiger charge is -2.38. The quantitative estimate of drug-likeness (QED) is 0.805. The summed E-state index contributed by atoms with van der Waals surface area (Å²) in [6, 6.07) is 15.3. The minimum Gasteiger partial charge on any atom is -0.382 e. The molecule has 0 heterocycles. The van der Waals surface area contributed by atoms with Crippen LogP contribution in [0.25, 0.3) is 0 Å². The molecule has 3 rings (SSSR count). The SMILES string of the molecule is Cc1ccc(Cl)cc1NC1CC(c2ccccc2C)C1. The highest BCUT2D eigenvalue weighted by molar-refractivity contribution is 6.30. The van der Waals surface area contributed by atoms with Crippen molar-refractivity contribution in [2.24, 2.45) is 0 Å². The first-order valence-corrected chi connectivity index (χ1v) is 7.59. The number of aryl methyl sites for hydroxylation is 2. The molecule has 1 N–H and O–H groups in total. The molecule has 1 nitrogen and oxygen atoms in total. The van der Waals surface area contributed by atoms with E-state index in [1.54, 1.807) is 0 Å². The van der Waals surface area contributed by atoms with Gasteiger partial charge in [-0.15, -0.1) is 0 Å². The summed E-state index contributed by atoms with van der Waals surface area (Å²) in [5.74, 6) is 0.702. The van der Waals surface area contributed by atoms with E-state index in [9.17, 15) is 0 Å². The van der Waals surface area contributed by atoms with E-state index in [4.69, 9.17) is 11.6 Å². The van der Waals surface area contributed by atoms with Crippen molar-refractivity contribution in [3.05, 3.63) is 64.2 Å². The first-order valence-electron chi connectivity index (χ1n) is 7.21. The van der Waals surface area contributed by atoms with E-state index >= 15 is 0 Å². The van der Waals surface area contributed by atoms with E-state index in [0.717, 1.165) is 5.02 Å². The molecule has 2 aromatic rings.